The van der Waals surface area contributed by atoms with Crippen molar-refractivity contribution >= 4 is 16.8 Å². The highest BCUT2D eigenvalue weighted by Gasteiger charge is 2.10. The van der Waals surface area contributed by atoms with Gasteiger partial charge in [-0.3, -0.25) is 4.40 Å². The Morgan fingerprint density at radius 3 is 3.06 bits per heavy atom. The van der Waals surface area contributed by atoms with Crippen molar-refractivity contribution < 1.29 is 0 Å². The summed E-state index contributed by atoms with van der Waals surface area (Å²) in [4.78, 5) is 11.4. The summed E-state index contributed by atoms with van der Waals surface area (Å²) in [7, 11) is 0. The number of fused-ring (bicyclic) bond motifs is 3. The molecule has 3 aromatic heterocycles. The summed E-state index contributed by atoms with van der Waals surface area (Å²) in [5.74, 6) is 1.47. The normalized spacial score (nSPS) is 11.9. The molecular formula is C11H15N7. The molecule has 0 aliphatic heterocycles. The molecule has 0 atom stereocenters. The minimum atomic E-state index is 0.613. The van der Waals surface area contributed by atoms with Crippen LogP contribution in [0.15, 0.2) is 12.7 Å². The topological polar surface area (TPSA) is 83.8 Å². The van der Waals surface area contributed by atoms with Gasteiger partial charge in [-0.1, -0.05) is 13.8 Å². The minimum Gasteiger partial charge on any atom is -0.340 e. The van der Waals surface area contributed by atoms with Crippen molar-refractivity contribution in [3.8, 4) is 0 Å². The van der Waals surface area contributed by atoms with Gasteiger partial charge >= 0.3 is 0 Å². The zero-order valence-electron chi connectivity index (χ0n) is 10.4. The van der Waals surface area contributed by atoms with Gasteiger partial charge in [-0.25, -0.2) is 9.97 Å². The monoisotopic (exact) mass is 245 g/mol. The van der Waals surface area contributed by atoms with Gasteiger partial charge < -0.3 is 10.3 Å². The van der Waals surface area contributed by atoms with Crippen LogP contribution in [0.25, 0.3) is 16.8 Å². The van der Waals surface area contributed by atoms with Crippen LogP contribution < -0.4 is 5.32 Å². The first-order valence-corrected chi connectivity index (χ1v) is 5.98. The van der Waals surface area contributed by atoms with Crippen LogP contribution in [0.5, 0.6) is 0 Å². The second kappa shape index (κ2) is 4.34. The molecule has 3 aromatic rings. The first-order valence-electron chi connectivity index (χ1n) is 5.98. The maximum Gasteiger partial charge on any atom is 0.189 e. The molecule has 0 fully saturated rings. The average molecular weight is 245 g/mol. The van der Waals surface area contributed by atoms with Crippen LogP contribution in [-0.2, 0) is 6.54 Å². The van der Waals surface area contributed by atoms with Gasteiger partial charge in [0.05, 0.1) is 12.9 Å². The quantitative estimate of drug-likeness (QED) is 0.708. The molecule has 0 aliphatic rings. The smallest absolute Gasteiger partial charge is 0.189 e. The lowest BCUT2D eigenvalue weighted by Crippen LogP contribution is -2.20. The van der Waals surface area contributed by atoms with E-state index >= 15 is 0 Å². The van der Waals surface area contributed by atoms with E-state index in [4.69, 9.17) is 0 Å². The summed E-state index contributed by atoms with van der Waals surface area (Å²) in [6.45, 7) is 5.98. The van der Waals surface area contributed by atoms with Crippen molar-refractivity contribution in [3.63, 3.8) is 0 Å². The number of nitrogens with one attached hydrogen (secondary N) is 2. The standard InChI is InChI=1S/C11H15N7/c1-7(2)3-12-4-8-16-17-11-9-10(14-5-13-9)15-6-18(8)11/h5-7,12H,3-4H2,1-2H3,(H,13,14). The van der Waals surface area contributed by atoms with Crippen LogP contribution in [-0.4, -0.2) is 36.1 Å². The molecule has 94 valence electrons. The summed E-state index contributed by atoms with van der Waals surface area (Å²) in [5.41, 5.74) is 2.25. The molecule has 0 radical (unpaired) electrons. The Morgan fingerprint density at radius 1 is 1.33 bits per heavy atom. The van der Waals surface area contributed by atoms with Gasteiger partial charge in [0.25, 0.3) is 0 Å². The predicted octanol–water partition coefficient (Wildman–Crippen LogP) is 0.746. The third-order valence-corrected chi connectivity index (χ3v) is 2.74. The molecule has 2 N–H and O–H groups in total. The largest absolute Gasteiger partial charge is 0.340 e. The SMILES string of the molecule is CC(C)CNCc1nnc2c3[nH]cnc3ncn12. The minimum absolute atomic E-state index is 0.613. The number of aromatic amines is 1. The molecule has 0 unspecified atom stereocenters. The van der Waals surface area contributed by atoms with E-state index in [9.17, 15) is 0 Å². The Hall–Kier alpha value is -2.02. The molecule has 3 heterocycles. The van der Waals surface area contributed by atoms with Crippen LogP contribution in [0.3, 0.4) is 0 Å². The summed E-state index contributed by atoms with van der Waals surface area (Å²) in [6, 6.07) is 0. The number of imidazole rings is 1. The Morgan fingerprint density at radius 2 is 2.22 bits per heavy atom. The highest BCUT2D eigenvalue weighted by molar-refractivity contribution is 5.84. The number of nitrogens with zero attached hydrogens (tertiary/aromatic N) is 5. The molecule has 0 saturated carbocycles. The van der Waals surface area contributed by atoms with E-state index in [1.165, 1.54) is 0 Å². The number of H-pyrrole nitrogens is 1. The summed E-state index contributed by atoms with van der Waals surface area (Å²) < 4.78 is 1.88. The highest BCUT2D eigenvalue weighted by atomic mass is 15.3. The van der Waals surface area contributed by atoms with Crippen molar-refractivity contribution in [2.24, 2.45) is 5.92 Å². The zero-order chi connectivity index (χ0) is 12.5. The van der Waals surface area contributed by atoms with Gasteiger partial charge in [-0.2, -0.15) is 0 Å². The molecule has 0 aliphatic carbocycles. The second-order valence-corrected chi connectivity index (χ2v) is 4.68. The van der Waals surface area contributed by atoms with Crippen molar-refractivity contribution in [2.45, 2.75) is 20.4 Å². The Balaban J connectivity index is 1.93. The molecule has 0 aromatic carbocycles. The fourth-order valence-electron chi connectivity index (χ4n) is 1.87. The molecule has 7 nitrogen and oxygen atoms in total. The Labute approximate surface area is 104 Å². The lowest BCUT2D eigenvalue weighted by atomic mass is 10.2. The molecule has 3 rings (SSSR count). The predicted molar refractivity (Wildman–Crippen MR) is 67.0 cm³/mol. The number of rotatable bonds is 4. The van der Waals surface area contributed by atoms with Crippen LogP contribution in [0.2, 0.25) is 0 Å². The first kappa shape index (κ1) is 11.1. The molecular weight excluding hydrogens is 230 g/mol. The van der Waals surface area contributed by atoms with Gasteiger partial charge in [-0.05, 0) is 12.5 Å². The molecule has 0 spiro atoms. The maximum absolute atomic E-state index is 4.26. The lowest BCUT2D eigenvalue weighted by molar-refractivity contribution is 0.541. The maximum atomic E-state index is 4.26. The number of hydrogen-bond donors (Lipinski definition) is 2. The van der Waals surface area contributed by atoms with E-state index in [0.29, 0.717) is 18.1 Å². The molecule has 18 heavy (non-hydrogen) atoms. The van der Waals surface area contributed by atoms with Gasteiger partial charge in [0.15, 0.2) is 17.1 Å². The number of aromatic nitrogens is 6. The van der Waals surface area contributed by atoms with Crippen LogP contribution in [0.4, 0.5) is 0 Å². The average Bonchev–Trinajstić information content (AvgIpc) is 2.93. The Bertz CT molecular complexity index is 666. The number of hydrogen-bond acceptors (Lipinski definition) is 5. The van der Waals surface area contributed by atoms with Gasteiger partial charge in [0.1, 0.15) is 11.8 Å². The fourth-order valence-corrected chi connectivity index (χ4v) is 1.87. The van der Waals surface area contributed by atoms with Crippen molar-refractivity contribution in [1.82, 2.24) is 34.9 Å². The molecule has 7 heteroatoms. The van der Waals surface area contributed by atoms with E-state index in [1.807, 2.05) is 4.40 Å². The van der Waals surface area contributed by atoms with E-state index in [2.05, 4.69) is 44.3 Å². The Kier molecular flexibility index (Phi) is 2.67. The van der Waals surface area contributed by atoms with Crippen molar-refractivity contribution in [2.75, 3.05) is 6.54 Å². The lowest BCUT2D eigenvalue weighted by Gasteiger charge is -2.05. The molecule has 0 bridgehead atoms. The van der Waals surface area contributed by atoms with E-state index in [-0.39, 0.29) is 0 Å². The van der Waals surface area contributed by atoms with Gasteiger partial charge in [-0.15, -0.1) is 10.2 Å². The van der Waals surface area contributed by atoms with Crippen molar-refractivity contribution in [3.05, 3.63) is 18.5 Å². The van der Waals surface area contributed by atoms with E-state index in [0.717, 1.165) is 23.5 Å². The molecule has 0 amide bonds. The first-order chi connectivity index (χ1) is 8.75. The zero-order valence-corrected chi connectivity index (χ0v) is 10.4. The summed E-state index contributed by atoms with van der Waals surface area (Å²) >= 11 is 0. The third kappa shape index (κ3) is 1.82. The third-order valence-electron chi connectivity index (χ3n) is 2.74. The van der Waals surface area contributed by atoms with E-state index in [1.54, 1.807) is 12.7 Å². The van der Waals surface area contributed by atoms with Gasteiger partial charge in [0, 0.05) is 0 Å². The van der Waals surface area contributed by atoms with Crippen LogP contribution in [0.1, 0.15) is 19.7 Å². The summed E-state index contributed by atoms with van der Waals surface area (Å²) in [5, 5.41) is 11.7. The molecule has 0 saturated heterocycles. The van der Waals surface area contributed by atoms with Crippen LogP contribution in [0, 0.1) is 5.92 Å². The van der Waals surface area contributed by atoms with Gasteiger partial charge in [0.2, 0.25) is 0 Å². The van der Waals surface area contributed by atoms with Crippen molar-refractivity contribution in [1.29, 1.82) is 0 Å². The summed E-state index contributed by atoms with van der Waals surface area (Å²) in [6.07, 6.45) is 3.33. The van der Waals surface area contributed by atoms with Crippen LogP contribution >= 0.6 is 0 Å². The second-order valence-electron chi connectivity index (χ2n) is 4.68. The highest BCUT2D eigenvalue weighted by Crippen LogP contribution is 2.12. The fraction of sp³-hybridized carbons (Fsp3) is 0.455. The van der Waals surface area contributed by atoms with E-state index < -0.39 is 0 Å².